The number of hydrogen-bond acceptors (Lipinski definition) is 0. The second-order valence-corrected chi connectivity index (χ2v) is 5.94. The van der Waals surface area contributed by atoms with Gasteiger partial charge in [-0.25, -0.2) is 0 Å². The zero-order chi connectivity index (χ0) is 8.77. The van der Waals surface area contributed by atoms with Crippen LogP contribution in [0.2, 0.25) is 0 Å². The topological polar surface area (TPSA) is 0 Å². The molecule has 0 saturated heterocycles. The van der Waals surface area contributed by atoms with Gasteiger partial charge in [-0.1, -0.05) is 39.7 Å². The second-order valence-electron chi connectivity index (χ2n) is 3.55. The molecule has 3 rings (SSSR count). The molecule has 0 amide bonds. The summed E-state index contributed by atoms with van der Waals surface area (Å²) in [5, 5.41) is 0. The molecule has 3 aliphatic carbocycles. The van der Waals surface area contributed by atoms with Crippen molar-refractivity contribution in [2.24, 2.45) is 11.8 Å². The Morgan fingerprint density at radius 2 is 2.08 bits per heavy atom. The van der Waals surface area contributed by atoms with E-state index in [0.717, 1.165) is 0 Å². The molecule has 0 aliphatic heterocycles. The predicted molar refractivity (Wildman–Crippen MR) is 56.6 cm³/mol. The van der Waals surface area contributed by atoms with Crippen LogP contribution in [0.15, 0.2) is 23.8 Å². The Hall–Kier alpha value is 0.250. The van der Waals surface area contributed by atoms with Crippen molar-refractivity contribution in [3.63, 3.8) is 0 Å². The number of halogens is 2. The summed E-state index contributed by atoms with van der Waals surface area (Å²) in [6.07, 6.45) is 8.91. The first kappa shape index (κ1) is 8.83. The standard InChI is InChI=1S/C10H12BrCl/c1-2-3-4-7-8-5-6-9(7)10(8,11)12/h2-4,8-9H,5-6H2,1H3/b3-2+,7-4?. The van der Waals surface area contributed by atoms with Crippen molar-refractivity contribution in [3.8, 4) is 0 Å². The lowest BCUT2D eigenvalue weighted by Crippen LogP contribution is -2.41. The first-order chi connectivity index (χ1) is 5.68. The molecule has 66 valence electrons. The van der Waals surface area contributed by atoms with Crippen molar-refractivity contribution < 1.29 is 0 Å². The van der Waals surface area contributed by atoms with E-state index in [2.05, 4.69) is 34.2 Å². The molecule has 12 heavy (non-hydrogen) atoms. The number of hydrogen-bond donors (Lipinski definition) is 0. The van der Waals surface area contributed by atoms with Gasteiger partial charge >= 0.3 is 0 Å². The molecule has 2 unspecified atom stereocenters. The molecule has 0 nitrogen and oxygen atoms in total. The van der Waals surface area contributed by atoms with Gasteiger partial charge in [-0.3, -0.25) is 0 Å². The van der Waals surface area contributed by atoms with Gasteiger partial charge in [0.2, 0.25) is 0 Å². The summed E-state index contributed by atoms with van der Waals surface area (Å²) in [7, 11) is 0. The Balaban J connectivity index is 2.18. The first-order valence-electron chi connectivity index (χ1n) is 4.38. The van der Waals surface area contributed by atoms with E-state index >= 15 is 0 Å². The van der Waals surface area contributed by atoms with Crippen LogP contribution in [-0.4, -0.2) is 3.78 Å². The van der Waals surface area contributed by atoms with E-state index in [0.29, 0.717) is 11.8 Å². The molecule has 0 aromatic rings. The summed E-state index contributed by atoms with van der Waals surface area (Å²) in [4.78, 5) is 0. The number of alkyl halides is 2. The minimum absolute atomic E-state index is 0.0968. The molecular weight excluding hydrogens is 235 g/mol. The summed E-state index contributed by atoms with van der Waals surface area (Å²) in [5.74, 6) is 1.17. The number of allylic oxidation sites excluding steroid dienone is 4. The number of fused-ring (bicyclic) bond motifs is 1. The summed E-state index contributed by atoms with van der Waals surface area (Å²) in [6.45, 7) is 2.04. The summed E-state index contributed by atoms with van der Waals surface area (Å²) in [6, 6.07) is 0. The Morgan fingerprint density at radius 3 is 2.50 bits per heavy atom. The van der Waals surface area contributed by atoms with E-state index in [1.165, 1.54) is 12.8 Å². The molecule has 0 aromatic heterocycles. The lowest BCUT2D eigenvalue weighted by atomic mass is 9.77. The summed E-state index contributed by atoms with van der Waals surface area (Å²) >= 11 is 9.88. The van der Waals surface area contributed by atoms with Crippen LogP contribution in [0.5, 0.6) is 0 Å². The highest BCUT2D eigenvalue weighted by Crippen LogP contribution is 2.66. The van der Waals surface area contributed by atoms with Gasteiger partial charge in [0.25, 0.3) is 0 Å². The van der Waals surface area contributed by atoms with Crippen LogP contribution in [0.25, 0.3) is 0 Å². The van der Waals surface area contributed by atoms with Crippen LogP contribution in [-0.2, 0) is 0 Å². The van der Waals surface area contributed by atoms with E-state index in [1.54, 1.807) is 5.57 Å². The van der Waals surface area contributed by atoms with Crippen molar-refractivity contribution >= 4 is 27.5 Å². The van der Waals surface area contributed by atoms with Gasteiger partial charge in [0.05, 0.1) is 0 Å². The summed E-state index contributed by atoms with van der Waals surface area (Å²) in [5.41, 5.74) is 1.54. The Kier molecular flexibility index (Phi) is 2.12. The fourth-order valence-electron chi connectivity index (χ4n) is 2.33. The Labute approximate surface area is 86.8 Å². The number of rotatable bonds is 1. The first-order valence-corrected chi connectivity index (χ1v) is 5.55. The van der Waals surface area contributed by atoms with Gasteiger partial charge in [0.15, 0.2) is 0 Å². The predicted octanol–water partition coefficient (Wildman–Crippen LogP) is 3.86. The highest BCUT2D eigenvalue weighted by Gasteiger charge is 2.60. The fraction of sp³-hybridized carbons (Fsp3) is 0.600. The molecule has 2 bridgehead atoms. The molecule has 0 radical (unpaired) electrons. The third kappa shape index (κ3) is 1.03. The lowest BCUT2D eigenvalue weighted by Gasteiger charge is -2.42. The van der Waals surface area contributed by atoms with Crippen LogP contribution in [0, 0.1) is 11.8 Å². The lowest BCUT2D eigenvalue weighted by molar-refractivity contribution is 0.425. The van der Waals surface area contributed by atoms with E-state index < -0.39 is 0 Å². The van der Waals surface area contributed by atoms with Gasteiger partial charge in [-0.2, -0.15) is 0 Å². The Bertz CT molecular complexity index is 237. The van der Waals surface area contributed by atoms with Crippen LogP contribution in [0.1, 0.15) is 19.8 Å². The second kappa shape index (κ2) is 2.88. The third-order valence-electron chi connectivity index (χ3n) is 2.96. The smallest absolute Gasteiger partial charge is 0.105 e. The highest BCUT2D eigenvalue weighted by atomic mass is 79.9. The molecule has 3 fully saturated rings. The van der Waals surface area contributed by atoms with E-state index in [-0.39, 0.29) is 3.78 Å². The van der Waals surface area contributed by atoms with E-state index in [4.69, 9.17) is 11.6 Å². The quantitative estimate of drug-likeness (QED) is 0.617. The molecule has 2 heteroatoms. The Morgan fingerprint density at radius 1 is 1.50 bits per heavy atom. The van der Waals surface area contributed by atoms with Crippen LogP contribution < -0.4 is 0 Å². The molecule has 2 atom stereocenters. The van der Waals surface area contributed by atoms with Crippen LogP contribution >= 0.6 is 27.5 Å². The third-order valence-corrected chi connectivity index (χ3v) is 4.59. The summed E-state index contributed by atoms with van der Waals surface area (Å²) < 4.78 is -0.0968. The average Bonchev–Trinajstić information content (AvgIpc) is 2.56. The van der Waals surface area contributed by atoms with Gasteiger partial charge in [0, 0.05) is 11.8 Å². The van der Waals surface area contributed by atoms with Gasteiger partial charge < -0.3 is 0 Å². The highest BCUT2D eigenvalue weighted by molar-refractivity contribution is 9.10. The zero-order valence-corrected chi connectivity index (χ0v) is 9.40. The normalized spacial score (nSPS) is 45.1. The minimum Gasteiger partial charge on any atom is -0.105 e. The maximum Gasteiger partial charge on any atom is 0.112 e. The fourth-order valence-corrected chi connectivity index (χ4v) is 3.78. The molecule has 3 saturated carbocycles. The van der Waals surface area contributed by atoms with Gasteiger partial charge in [-0.15, -0.1) is 11.6 Å². The van der Waals surface area contributed by atoms with Crippen LogP contribution in [0.3, 0.4) is 0 Å². The van der Waals surface area contributed by atoms with E-state index in [9.17, 15) is 0 Å². The molecule has 0 spiro atoms. The van der Waals surface area contributed by atoms with Crippen molar-refractivity contribution in [2.75, 3.05) is 0 Å². The van der Waals surface area contributed by atoms with Crippen molar-refractivity contribution in [1.29, 1.82) is 0 Å². The van der Waals surface area contributed by atoms with Gasteiger partial charge in [-0.05, 0) is 19.8 Å². The minimum atomic E-state index is -0.0968. The molecule has 3 aliphatic rings. The average molecular weight is 248 g/mol. The maximum atomic E-state index is 6.29. The van der Waals surface area contributed by atoms with Crippen molar-refractivity contribution in [1.82, 2.24) is 0 Å². The monoisotopic (exact) mass is 246 g/mol. The largest absolute Gasteiger partial charge is 0.112 e. The molecule has 0 heterocycles. The molecule has 0 aromatic carbocycles. The van der Waals surface area contributed by atoms with Crippen LogP contribution in [0.4, 0.5) is 0 Å². The van der Waals surface area contributed by atoms with Crippen molar-refractivity contribution in [3.05, 3.63) is 23.8 Å². The molecule has 0 N–H and O–H groups in total. The zero-order valence-electron chi connectivity index (χ0n) is 7.06. The van der Waals surface area contributed by atoms with Gasteiger partial charge in [0.1, 0.15) is 3.78 Å². The maximum absolute atomic E-state index is 6.29. The van der Waals surface area contributed by atoms with Crippen molar-refractivity contribution in [2.45, 2.75) is 23.5 Å². The molecular formula is C10H12BrCl. The van der Waals surface area contributed by atoms with E-state index in [1.807, 2.05) is 6.92 Å². The SMILES string of the molecule is C/C=C/C=C1C2CCC1C2(Cl)Br.